The summed E-state index contributed by atoms with van der Waals surface area (Å²) in [6.45, 7) is 4.04. The van der Waals surface area contributed by atoms with Crippen LogP contribution in [0, 0.1) is 6.92 Å². The van der Waals surface area contributed by atoms with Gasteiger partial charge in [0.2, 0.25) is 0 Å². The van der Waals surface area contributed by atoms with Crippen molar-refractivity contribution in [3.63, 3.8) is 0 Å². The second kappa shape index (κ2) is 4.52. The smallest absolute Gasteiger partial charge is 0.0479 e. The number of nitrogens with zero attached hydrogens (tertiary/aromatic N) is 1. The number of hydrogen-bond donors (Lipinski definition) is 0. The highest BCUT2D eigenvalue weighted by molar-refractivity contribution is 6.49. The minimum absolute atomic E-state index is 0.803. The molecular formula is C12H16ClN. The van der Waals surface area contributed by atoms with Crippen molar-refractivity contribution in [2.24, 2.45) is 0 Å². The number of para-hydroxylation sites is 1. The van der Waals surface area contributed by atoms with E-state index in [1.807, 2.05) is 39.2 Å². The van der Waals surface area contributed by atoms with Gasteiger partial charge in [-0.25, -0.2) is 0 Å². The highest BCUT2D eigenvalue weighted by Crippen LogP contribution is 2.31. The van der Waals surface area contributed by atoms with Crippen LogP contribution in [0.5, 0.6) is 0 Å². The molecule has 0 saturated carbocycles. The van der Waals surface area contributed by atoms with E-state index in [0.29, 0.717) is 0 Å². The van der Waals surface area contributed by atoms with E-state index in [9.17, 15) is 0 Å². The number of anilines is 1. The predicted octanol–water partition coefficient (Wildman–Crippen LogP) is 3.66. The zero-order valence-electron chi connectivity index (χ0n) is 9.13. The summed E-state index contributed by atoms with van der Waals surface area (Å²) in [4.78, 5) is 2.09. The largest absolute Gasteiger partial charge is 0.377 e. The lowest BCUT2D eigenvalue weighted by molar-refractivity contribution is 1.11. The monoisotopic (exact) mass is 209 g/mol. The van der Waals surface area contributed by atoms with E-state index >= 15 is 0 Å². The molecule has 0 heterocycles. The van der Waals surface area contributed by atoms with Crippen LogP contribution in [-0.2, 0) is 0 Å². The summed E-state index contributed by atoms with van der Waals surface area (Å²) in [7, 11) is 4.07. The average Bonchev–Trinajstić information content (AvgIpc) is 2.15. The van der Waals surface area contributed by atoms with Crippen molar-refractivity contribution < 1.29 is 0 Å². The van der Waals surface area contributed by atoms with Crippen LogP contribution in [0.2, 0.25) is 0 Å². The fourth-order valence-corrected chi connectivity index (χ4v) is 1.75. The van der Waals surface area contributed by atoms with Crippen molar-refractivity contribution in [1.29, 1.82) is 0 Å². The van der Waals surface area contributed by atoms with Crippen molar-refractivity contribution in [2.75, 3.05) is 19.0 Å². The number of benzene rings is 1. The molecule has 0 aliphatic rings. The number of hydrogen-bond acceptors (Lipinski definition) is 1. The minimum Gasteiger partial charge on any atom is -0.377 e. The Kier molecular flexibility index (Phi) is 3.59. The molecule has 0 atom stereocenters. The van der Waals surface area contributed by atoms with Gasteiger partial charge in [0.1, 0.15) is 0 Å². The van der Waals surface area contributed by atoms with Crippen LogP contribution in [0.3, 0.4) is 0 Å². The molecule has 0 spiro atoms. The van der Waals surface area contributed by atoms with Gasteiger partial charge in [-0.15, -0.1) is 0 Å². The highest BCUT2D eigenvalue weighted by Gasteiger charge is 2.09. The third-order valence-corrected chi connectivity index (χ3v) is 2.62. The summed E-state index contributed by atoms with van der Waals surface area (Å²) >= 11 is 6.15. The Morgan fingerprint density at radius 2 is 2.00 bits per heavy atom. The maximum absolute atomic E-state index is 6.15. The second-order valence-electron chi connectivity index (χ2n) is 3.50. The lowest BCUT2D eigenvalue weighted by Crippen LogP contribution is -2.12. The van der Waals surface area contributed by atoms with Crippen LogP contribution in [0.15, 0.2) is 24.3 Å². The molecule has 0 bridgehead atoms. The van der Waals surface area contributed by atoms with E-state index in [1.165, 1.54) is 11.3 Å². The summed E-state index contributed by atoms with van der Waals surface area (Å²) in [5, 5.41) is 0.803. The molecule has 0 aliphatic heterocycles. The number of aryl methyl sites for hydroxylation is 1. The first-order chi connectivity index (χ1) is 6.57. The van der Waals surface area contributed by atoms with Gasteiger partial charge in [-0.05, 0) is 19.4 Å². The molecule has 76 valence electrons. The van der Waals surface area contributed by atoms with Gasteiger partial charge in [-0.2, -0.15) is 0 Å². The van der Waals surface area contributed by atoms with Crippen molar-refractivity contribution in [3.05, 3.63) is 35.4 Å². The van der Waals surface area contributed by atoms with Crippen LogP contribution in [0.1, 0.15) is 18.1 Å². The van der Waals surface area contributed by atoms with E-state index in [2.05, 4.69) is 17.9 Å². The molecule has 0 unspecified atom stereocenters. The molecule has 1 nitrogen and oxygen atoms in total. The van der Waals surface area contributed by atoms with Crippen LogP contribution >= 0.6 is 11.6 Å². The first-order valence-corrected chi connectivity index (χ1v) is 5.05. The third-order valence-electron chi connectivity index (χ3n) is 2.20. The van der Waals surface area contributed by atoms with Gasteiger partial charge < -0.3 is 4.90 Å². The number of rotatable bonds is 2. The summed E-state index contributed by atoms with van der Waals surface area (Å²) in [6, 6.07) is 6.17. The summed E-state index contributed by atoms with van der Waals surface area (Å²) in [6.07, 6.45) is 1.92. The maximum Gasteiger partial charge on any atom is 0.0479 e. The van der Waals surface area contributed by atoms with Gasteiger partial charge >= 0.3 is 0 Å². The van der Waals surface area contributed by atoms with E-state index in [-0.39, 0.29) is 0 Å². The van der Waals surface area contributed by atoms with E-state index in [0.717, 1.165) is 10.6 Å². The molecule has 2 heteroatoms. The van der Waals surface area contributed by atoms with Gasteiger partial charge in [0, 0.05) is 30.4 Å². The van der Waals surface area contributed by atoms with Gasteiger partial charge in [-0.3, -0.25) is 0 Å². The Hall–Kier alpha value is -0.950. The van der Waals surface area contributed by atoms with Crippen molar-refractivity contribution >= 4 is 22.3 Å². The van der Waals surface area contributed by atoms with Gasteiger partial charge in [0.15, 0.2) is 0 Å². The average molecular weight is 210 g/mol. The summed E-state index contributed by atoms with van der Waals surface area (Å²) < 4.78 is 0. The SMILES string of the molecule is C/C=C(\Cl)c1cccc(C)c1N(C)C. The molecule has 1 aromatic carbocycles. The molecule has 0 amide bonds. The third kappa shape index (κ3) is 2.10. The summed E-state index contributed by atoms with van der Waals surface area (Å²) in [5.41, 5.74) is 3.53. The predicted molar refractivity (Wildman–Crippen MR) is 65.0 cm³/mol. The van der Waals surface area contributed by atoms with Crippen LogP contribution in [0.25, 0.3) is 5.03 Å². The molecule has 0 fully saturated rings. The zero-order chi connectivity index (χ0) is 10.7. The van der Waals surface area contributed by atoms with Crippen molar-refractivity contribution in [1.82, 2.24) is 0 Å². The van der Waals surface area contributed by atoms with E-state index < -0.39 is 0 Å². The van der Waals surface area contributed by atoms with Crippen LogP contribution in [0.4, 0.5) is 5.69 Å². The molecule has 0 aromatic heterocycles. The van der Waals surface area contributed by atoms with Gasteiger partial charge in [0.25, 0.3) is 0 Å². The van der Waals surface area contributed by atoms with E-state index in [4.69, 9.17) is 11.6 Å². The second-order valence-corrected chi connectivity index (χ2v) is 3.91. The zero-order valence-corrected chi connectivity index (χ0v) is 9.89. The molecular weight excluding hydrogens is 194 g/mol. The molecule has 0 radical (unpaired) electrons. The van der Waals surface area contributed by atoms with E-state index in [1.54, 1.807) is 0 Å². The standard InChI is InChI=1S/C12H16ClN/c1-5-11(13)10-8-6-7-9(2)12(10)14(3)4/h5-8H,1-4H3/b11-5-. The molecule has 0 N–H and O–H groups in total. The molecule has 0 aliphatic carbocycles. The highest BCUT2D eigenvalue weighted by atomic mass is 35.5. The van der Waals surface area contributed by atoms with Gasteiger partial charge in [-0.1, -0.05) is 35.9 Å². The molecule has 0 saturated heterocycles. The number of halogens is 1. The lowest BCUT2D eigenvalue weighted by atomic mass is 10.1. The molecule has 1 rings (SSSR count). The first kappa shape index (κ1) is 11.1. The van der Waals surface area contributed by atoms with Crippen molar-refractivity contribution in [3.8, 4) is 0 Å². The fraction of sp³-hybridized carbons (Fsp3) is 0.333. The van der Waals surface area contributed by atoms with Crippen LogP contribution in [-0.4, -0.2) is 14.1 Å². The van der Waals surface area contributed by atoms with Gasteiger partial charge in [0.05, 0.1) is 0 Å². The Balaban J connectivity index is 3.36. The molecule has 1 aromatic rings. The van der Waals surface area contributed by atoms with Crippen LogP contribution < -0.4 is 4.90 Å². The minimum atomic E-state index is 0.803. The topological polar surface area (TPSA) is 3.24 Å². The first-order valence-electron chi connectivity index (χ1n) is 4.67. The molecule has 14 heavy (non-hydrogen) atoms. The Morgan fingerprint density at radius 1 is 1.36 bits per heavy atom. The quantitative estimate of drug-likeness (QED) is 0.719. The maximum atomic E-state index is 6.15. The fourth-order valence-electron chi connectivity index (χ4n) is 1.60. The van der Waals surface area contributed by atoms with Crippen molar-refractivity contribution in [2.45, 2.75) is 13.8 Å². The summed E-state index contributed by atoms with van der Waals surface area (Å²) in [5.74, 6) is 0. The number of allylic oxidation sites excluding steroid dienone is 1. The Labute approximate surface area is 91.0 Å². The normalized spacial score (nSPS) is 11.6. The lowest BCUT2D eigenvalue weighted by Gasteiger charge is -2.19. The Bertz CT molecular complexity index is 353. The Morgan fingerprint density at radius 3 is 2.50 bits per heavy atom.